The van der Waals surface area contributed by atoms with Crippen molar-refractivity contribution >= 4 is 5.91 Å². The molecule has 0 radical (unpaired) electrons. The van der Waals surface area contributed by atoms with Crippen molar-refractivity contribution in [1.82, 2.24) is 5.32 Å². The first-order chi connectivity index (χ1) is 10.1. The standard InChI is InChI=1S/C18H36N2O/c1-16(2)10-6-3-4-9-13-20-17(21)14-18(15-19)11-7-5-8-12-18/h16H,3-15,19H2,1-2H3,(H,20,21). The molecule has 1 aliphatic rings. The monoisotopic (exact) mass is 296 g/mol. The molecule has 3 nitrogen and oxygen atoms in total. The zero-order valence-electron chi connectivity index (χ0n) is 14.3. The molecule has 0 saturated heterocycles. The molecule has 1 rings (SSSR count). The van der Waals surface area contributed by atoms with Crippen LogP contribution in [0.25, 0.3) is 0 Å². The summed E-state index contributed by atoms with van der Waals surface area (Å²) in [5.74, 6) is 1.03. The topological polar surface area (TPSA) is 55.1 Å². The molecule has 3 heteroatoms. The van der Waals surface area contributed by atoms with Crippen molar-refractivity contribution in [3.8, 4) is 0 Å². The molecule has 0 atom stereocenters. The van der Waals surface area contributed by atoms with Gasteiger partial charge < -0.3 is 11.1 Å². The van der Waals surface area contributed by atoms with E-state index in [9.17, 15) is 4.79 Å². The summed E-state index contributed by atoms with van der Waals surface area (Å²) in [5, 5.41) is 3.09. The van der Waals surface area contributed by atoms with Crippen LogP contribution in [-0.4, -0.2) is 19.0 Å². The van der Waals surface area contributed by atoms with Gasteiger partial charge in [-0.3, -0.25) is 4.79 Å². The molecule has 0 aliphatic heterocycles. The second kappa shape index (κ2) is 10.2. The first-order valence-corrected chi connectivity index (χ1v) is 9.05. The molecule has 0 heterocycles. The Kier molecular flexibility index (Phi) is 8.98. The van der Waals surface area contributed by atoms with Crippen molar-refractivity contribution in [2.75, 3.05) is 13.1 Å². The molecule has 0 aromatic rings. The van der Waals surface area contributed by atoms with E-state index >= 15 is 0 Å². The van der Waals surface area contributed by atoms with Gasteiger partial charge in [0.05, 0.1) is 0 Å². The zero-order chi connectivity index (χ0) is 15.6. The van der Waals surface area contributed by atoms with Crippen LogP contribution in [-0.2, 0) is 4.79 Å². The van der Waals surface area contributed by atoms with Gasteiger partial charge in [-0.2, -0.15) is 0 Å². The summed E-state index contributed by atoms with van der Waals surface area (Å²) in [4.78, 5) is 12.1. The molecule has 1 saturated carbocycles. The van der Waals surface area contributed by atoms with Crippen LogP contribution in [0.15, 0.2) is 0 Å². The van der Waals surface area contributed by atoms with E-state index in [0.29, 0.717) is 13.0 Å². The SMILES string of the molecule is CC(C)CCCCCCNC(=O)CC1(CN)CCCCC1. The Morgan fingerprint density at radius 2 is 1.76 bits per heavy atom. The number of nitrogens with two attached hydrogens (primary N) is 1. The summed E-state index contributed by atoms with van der Waals surface area (Å²) in [7, 11) is 0. The highest BCUT2D eigenvalue weighted by Gasteiger charge is 2.32. The Labute approximate surface area is 131 Å². The van der Waals surface area contributed by atoms with E-state index in [1.807, 2.05) is 0 Å². The fourth-order valence-corrected chi connectivity index (χ4v) is 3.42. The number of amides is 1. The lowest BCUT2D eigenvalue weighted by Gasteiger charge is -2.35. The Balaban J connectivity index is 2.07. The average Bonchev–Trinajstić information content (AvgIpc) is 2.47. The summed E-state index contributed by atoms with van der Waals surface area (Å²) < 4.78 is 0. The van der Waals surface area contributed by atoms with Crippen molar-refractivity contribution in [2.45, 2.75) is 84.5 Å². The molecule has 3 N–H and O–H groups in total. The van der Waals surface area contributed by atoms with E-state index in [4.69, 9.17) is 5.73 Å². The fourth-order valence-electron chi connectivity index (χ4n) is 3.42. The first-order valence-electron chi connectivity index (χ1n) is 9.05. The third-order valence-corrected chi connectivity index (χ3v) is 4.91. The van der Waals surface area contributed by atoms with E-state index in [-0.39, 0.29) is 11.3 Å². The summed E-state index contributed by atoms with van der Waals surface area (Å²) in [6.07, 6.45) is 13.0. The molecule has 1 aliphatic carbocycles. The van der Waals surface area contributed by atoms with Gasteiger partial charge in [0.25, 0.3) is 0 Å². The lowest BCUT2D eigenvalue weighted by atomic mass is 9.71. The summed E-state index contributed by atoms with van der Waals surface area (Å²) >= 11 is 0. The number of nitrogens with one attached hydrogen (secondary N) is 1. The van der Waals surface area contributed by atoms with Crippen molar-refractivity contribution in [3.05, 3.63) is 0 Å². The lowest BCUT2D eigenvalue weighted by Crippen LogP contribution is -2.38. The van der Waals surface area contributed by atoms with Crippen LogP contribution >= 0.6 is 0 Å². The minimum atomic E-state index is 0.0968. The third kappa shape index (κ3) is 7.85. The number of hydrogen-bond donors (Lipinski definition) is 2. The fraction of sp³-hybridized carbons (Fsp3) is 0.944. The molecular weight excluding hydrogens is 260 g/mol. The third-order valence-electron chi connectivity index (χ3n) is 4.91. The number of hydrogen-bond acceptors (Lipinski definition) is 2. The highest BCUT2D eigenvalue weighted by molar-refractivity contribution is 5.76. The van der Waals surface area contributed by atoms with E-state index in [0.717, 1.165) is 31.7 Å². The Morgan fingerprint density at radius 3 is 2.38 bits per heavy atom. The van der Waals surface area contributed by atoms with Crippen LogP contribution < -0.4 is 11.1 Å². The Morgan fingerprint density at radius 1 is 1.10 bits per heavy atom. The Hall–Kier alpha value is -0.570. The zero-order valence-corrected chi connectivity index (χ0v) is 14.3. The molecule has 1 fully saturated rings. The summed E-state index contributed by atoms with van der Waals surface area (Å²) in [6, 6.07) is 0. The van der Waals surface area contributed by atoms with Gasteiger partial charge in [0.15, 0.2) is 0 Å². The average molecular weight is 296 g/mol. The largest absolute Gasteiger partial charge is 0.356 e. The predicted octanol–water partition coefficient (Wildman–Crippen LogP) is 4.01. The maximum absolute atomic E-state index is 12.1. The van der Waals surface area contributed by atoms with Gasteiger partial charge in [-0.25, -0.2) is 0 Å². The molecule has 0 bridgehead atoms. The van der Waals surface area contributed by atoms with Crippen LogP contribution in [0.3, 0.4) is 0 Å². The van der Waals surface area contributed by atoms with Crippen LogP contribution in [0.4, 0.5) is 0 Å². The number of carbonyl (C=O) groups is 1. The van der Waals surface area contributed by atoms with Gasteiger partial charge in [0, 0.05) is 13.0 Å². The number of carbonyl (C=O) groups excluding carboxylic acids is 1. The van der Waals surface area contributed by atoms with Gasteiger partial charge in [-0.15, -0.1) is 0 Å². The van der Waals surface area contributed by atoms with Crippen LogP contribution in [0.2, 0.25) is 0 Å². The molecule has 1 amide bonds. The van der Waals surface area contributed by atoms with Gasteiger partial charge >= 0.3 is 0 Å². The van der Waals surface area contributed by atoms with E-state index < -0.39 is 0 Å². The second-order valence-electron chi connectivity index (χ2n) is 7.39. The maximum atomic E-state index is 12.1. The normalized spacial score (nSPS) is 17.9. The van der Waals surface area contributed by atoms with E-state index in [1.165, 1.54) is 44.9 Å². The number of rotatable bonds is 10. The molecule has 0 unspecified atom stereocenters. The van der Waals surface area contributed by atoms with Crippen LogP contribution in [0.5, 0.6) is 0 Å². The quantitative estimate of drug-likeness (QED) is 0.598. The highest BCUT2D eigenvalue weighted by atomic mass is 16.1. The van der Waals surface area contributed by atoms with Crippen molar-refractivity contribution in [2.24, 2.45) is 17.1 Å². The van der Waals surface area contributed by atoms with Gasteiger partial charge in [-0.1, -0.05) is 58.8 Å². The highest BCUT2D eigenvalue weighted by Crippen LogP contribution is 2.38. The molecule has 0 spiro atoms. The molecule has 0 aromatic heterocycles. The second-order valence-corrected chi connectivity index (χ2v) is 7.39. The molecule has 0 aromatic carbocycles. The van der Waals surface area contributed by atoms with Crippen molar-refractivity contribution in [1.29, 1.82) is 0 Å². The van der Waals surface area contributed by atoms with Gasteiger partial charge in [0.2, 0.25) is 5.91 Å². The molecular formula is C18H36N2O. The minimum Gasteiger partial charge on any atom is -0.356 e. The molecule has 21 heavy (non-hydrogen) atoms. The predicted molar refractivity (Wildman–Crippen MR) is 90.1 cm³/mol. The van der Waals surface area contributed by atoms with Gasteiger partial charge in [-0.05, 0) is 37.1 Å². The summed E-state index contributed by atoms with van der Waals surface area (Å²) in [5.41, 5.74) is 6.04. The Bertz CT molecular complexity index is 283. The van der Waals surface area contributed by atoms with Crippen LogP contribution in [0, 0.1) is 11.3 Å². The van der Waals surface area contributed by atoms with Gasteiger partial charge in [0.1, 0.15) is 0 Å². The van der Waals surface area contributed by atoms with E-state index in [2.05, 4.69) is 19.2 Å². The van der Waals surface area contributed by atoms with Crippen molar-refractivity contribution < 1.29 is 4.79 Å². The van der Waals surface area contributed by atoms with Crippen LogP contribution in [0.1, 0.15) is 84.5 Å². The van der Waals surface area contributed by atoms with E-state index in [1.54, 1.807) is 0 Å². The summed E-state index contributed by atoms with van der Waals surface area (Å²) in [6.45, 7) is 6.05. The maximum Gasteiger partial charge on any atom is 0.220 e. The lowest BCUT2D eigenvalue weighted by molar-refractivity contribution is -0.123. The molecule has 124 valence electrons. The minimum absolute atomic E-state index is 0.0968. The van der Waals surface area contributed by atoms with Crippen molar-refractivity contribution in [3.63, 3.8) is 0 Å². The number of unbranched alkanes of at least 4 members (excludes halogenated alkanes) is 3. The first kappa shape index (κ1) is 18.5. The smallest absolute Gasteiger partial charge is 0.220 e.